The van der Waals surface area contributed by atoms with Crippen LogP contribution in [-0.4, -0.2) is 7.05 Å². The summed E-state index contributed by atoms with van der Waals surface area (Å²) in [6.45, 7) is 6.52. The van der Waals surface area contributed by atoms with E-state index >= 15 is 0 Å². The van der Waals surface area contributed by atoms with Crippen molar-refractivity contribution in [1.82, 2.24) is 5.32 Å². The highest BCUT2D eigenvalue weighted by molar-refractivity contribution is 14.1. The van der Waals surface area contributed by atoms with E-state index in [0.717, 1.165) is 0 Å². The summed E-state index contributed by atoms with van der Waals surface area (Å²) >= 11 is 2.40. The Morgan fingerprint density at radius 2 is 1.69 bits per heavy atom. The third-order valence-corrected chi connectivity index (χ3v) is 4.09. The number of rotatable bonds is 2. The Kier molecular flexibility index (Phi) is 3.74. The Hall–Kier alpha value is -0.0900. The molecule has 72 valence electrons. The van der Waals surface area contributed by atoms with E-state index in [2.05, 4.69) is 60.8 Å². The second kappa shape index (κ2) is 4.42. The SMILES string of the molecule is CN[C@@H](C)c1cc(C)c(I)c(C)c1. The lowest BCUT2D eigenvalue weighted by atomic mass is 10.0. The van der Waals surface area contributed by atoms with Crippen LogP contribution in [0.4, 0.5) is 0 Å². The summed E-state index contributed by atoms with van der Waals surface area (Å²) in [4.78, 5) is 0. The Bertz CT molecular complexity index is 284. The van der Waals surface area contributed by atoms with Gasteiger partial charge in [0.25, 0.3) is 0 Å². The van der Waals surface area contributed by atoms with Gasteiger partial charge in [0, 0.05) is 9.61 Å². The van der Waals surface area contributed by atoms with Crippen molar-refractivity contribution in [3.05, 3.63) is 32.4 Å². The normalized spacial score (nSPS) is 13.0. The summed E-state index contributed by atoms with van der Waals surface area (Å²) in [5.74, 6) is 0. The maximum Gasteiger partial charge on any atom is 0.0289 e. The zero-order valence-electron chi connectivity index (χ0n) is 8.61. The molecule has 1 nitrogen and oxygen atoms in total. The molecule has 0 saturated heterocycles. The first-order chi connectivity index (χ1) is 6.06. The second-order valence-electron chi connectivity index (χ2n) is 3.48. The average molecular weight is 289 g/mol. The fourth-order valence-electron chi connectivity index (χ4n) is 1.40. The molecule has 0 amide bonds. The third-order valence-electron chi connectivity index (χ3n) is 2.39. The molecule has 0 aliphatic rings. The molecule has 2 heteroatoms. The van der Waals surface area contributed by atoms with Crippen LogP contribution >= 0.6 is 22.6 Å². The van der Waals surface area contributed by atoms with Crippen molar-refractivity contribution in [3.63, 3.8) is 0 Å². The van der Waals surface area contributed by atoms with Crippen LogP contribution in [0.2, 0.25) is 0 Å². The van der Waals surface area contributed by atoms with Gasteiger partial charge < -0.3 is 5.32 Å². The van der Waals surface area contributed by atoms with Crippen LogP contribution in [-0.2, 0) is 0 Å². The number of benzene rings is 1. The van der Waals surface area contributed by atoms with Gasteiger partial charge in [-0.2, -0.15) is 0 Å². The molecule has 1 rings (SSSR count). The molecule has 0 heterocycles. The van der Waals surface area contributed by atoms with Crippen LogP contribution in [0.1, 0.15) is 29.7 Å². The Morgan fingerprint density at radius 3 is 2.08 bits per heavy atom. The van der Waals surface area contributed by atoms with E-state index in [0.29, 0.717) is 6.04 Å². The molecule has 0 bridgehead atoms. The molecule has 0 aromatic heterocycles. The van der Waals surface area contributed by atoms with Crippen LogP contribution < -0.4 is 5.32 Å². The van der Waals surface area contributed by atoms with E-state index < -0.39 is 0 Å². The third kappa shape index (κ3) is 2.44. The molecule has 0 unspecified atom stereocenters. The van der Waals surface area contributed by atoms with Gasteiger partial charge in [-0.25, -0.2) is 0 Å². The molecule has 0 saturated carbocycles. The maximum atomic E-state index is 3.25. The van der Waals surface area contributed by atoms with E-state index in [1.54, 1.807) is 0 Å². The van der Waals surface area contributed by atoms with Crippen molar-refractivity contribution in [2.45, 2.75) is 26.8 Å². The van der Waals surface area contributed by atoms with Gasteiger partial charge in [-0.15, -0.1) is 0 Å². The summed E-state index contributed by atoms with van der Waals surface area (Å²) in [5, 5.41) is 3.25. The van der Waals surface area contributed by atoms with Gasteiger partial charge in [0.2, 0.25) is 0 Å². The lowest BCUT2D eigenvalue weighted by Crippen LogP contribution is -2.12. The largest absolute Gasteiger partial charge is 0.313 e. The first-order valence-corrected chi connectivity index (χ1v) is 5.58. The highest BCUT2D eigenvalue weighted by Crippen LogP contribution is 2.22. The Labute approximate surface area is 94.1 Å². The molecule has 13 heavy (non-hydrogen) atoms. The predicted octanol–water partition coefficient (Wildman–Crippen LogP) is 3.19. The molecule has 0 spiro atoms. The van der Waals surface area contributed by atoms with Gasteiger partial charge in [-0.05, 0) is 67.1 Å². The Balaban J connectivity index is 3.13. The first kappa shape index (κ1) is 11.0. The van der Waals surface area contributed by atoms with Gasteiger partial charge in [-0.3, -0.25) is 0 Å². The van der Waals surface area contributed by atoms with E-state index in [-0.39, 0.29) is 0 Å². The monoisotopic (exact) mass is 289 g/mol. The smallest absolute Gasteiger partial charge is 0.0289 e. The summed E-state index contributed by atoms with van der Waals surface area (Å²) in [5.41, 5.74) is 4.12. The zero-order chi connectivity index (χ0) is 10.0. The standard InChI is InChI=1S/C11H16IN/c1-7-5-10(9(3)13-4)6-8(2)11(7)12/h5-6,9,13H,1-4H3/t9-/m0/s1. The van der Waals surface area contributed by atoms with Crippen molar-refractivity contribution in [3.8, 4) is 0 Å². The van der Waals surface area contributed by atoms with Crippen LogP contribution in [0.3, 0.4) is 0 Å². The summed E-state index contributed by atoms with van der Waals surface area (Å²) in [6.07, 6.45) is 0. The van der Waals surface area contributed by atoms with Crippen molar-refractivity contribution in [2.75, 3.05) is 7.05 Å². The number of halogens is 1. The highest BCUT2D eigenvalue weighted by atomic mass is 127. The molecule has 0 aliphatic carbocycles. The zero-order valence-corrected chi connectivity index (χ0v) is 10.8. The summed E-state index contributed by atoms with van der Waals surface area (Å²) < 4.78 is 1.38. The minimum atomic E-state index is 0.439. The maximum absolute atomic E-state index is 3.25. The van der Waals surface area contributed by atoms with Crippen LogP contribution in [0.5, 0.6) is 0 Å². The molecule has 1 aromatic carbocycles. The summed E-state index contributed by atoms with van der Waals surface area (Å²) in [6, 6.07) is 4.96. The van der Waals surface area contributed by atoms with Crippen LogP contribution in [0, 0.1) is 17.4 Å². The fraction of sp³-hybridized carbons (Fsp3) is 0.455. The van der Waals surface area contributed by atoms with Crippen molar-refractivity contribution in [1.29, 1.82) is 0 Å². The van der Waals surface area contributed by atoms with E-state index in [4.69, 9.17) is 0 Å². The van der Waals surface area contributed by atoms with E-state index in [9.17, 15) is 0 Å². The lowest BCUT2D eigenvalue weighted by Gasteiger charge is -2.13. The summed E-state index contributed by atoms with van der Waals surface area (Å²) in [7, 11) is 1.99. The van der Waals surface area contributed by atoms with Gasteiger partial charge in [0.1, 0.15) is 0 Å². The van der Waals surface area contributed by atoms with Gasteiger partial charge in [0.05, 0.1) is 0 Å². The average Bonchev–Trinajstić information content (AvgIpc) is 2.12. The lowest BCUT2D eigenvalue weighted by molar-refractivity contribution is 0.651. The first-order valence-electron chi connectivity index (χ1n) is 4.50. The molecule has 1 atom stereocenters. The minimum Gasteiger partial charge on any atom is -0.313 e. The molecule has 0 aliphatic heterocycles. The van der Waals surface area contributed by atoms with Gasteiger partial charge in [0.15, 0.2) is 0 Å². The molecule has 1 aromatic rings. The molecule has 0 radical (unpaired) electrons. The topological polar surface area (TPSA) is 12.0 Å². The van der Waals surface area contributed by atoms with Crippen molar-refractivity contribution in [2.24, 2.45) is 0 Å². The fourth-order valence-corrected chi connectivity index (χ4v) is 1.71. The van der Waals surface area contributed by atoms with E-state index in [1.807, 2.05) is 7.05 Å². The number of hydrogen-bond acceptors (Lipinski definition) is 1. The quantitative estimate of drug-likeness (QED) is 0.824. The minimum absolute atomic E-state index is 0.439. The molecular formula is C11H16IN. The van der Waals surface area contributed by atoms with E-state index in [1.165, 1.54) is 20.3 Å². The second-order valence-corrected chi connectivity index (χ2v) is 4.56. The number of aryl methyl sites for hydroxylation is 2. The molecular weight excluding hydrogens is 273 g/mol. The Morgan fingerprint density at radius 1 is 1.23 bits per heavy atom. The van der Waals surface area contributed by atoms with Crippen molar-refractivity contribution >= 4 is 22.6 Å². The van der Waals surface area contributed by atoms with Crippen LogP contribution in [0.15, 0.2) is 12.1 Å². The molecule has 0 fully saturated rings. The van der Waals surface area contributed by atoms with Gasteiger partial charge >= 0.3 is 0 Å². The van der Waals surface area contributed by atoms with Crippen molar-refractivity contribution < 1.29 is 0 Å². The van der Waals surface area contributed by atoms with Gasteiger partial charge in [-0.1, -0.05) is 12.1 Å². The molecule has 1 N–H and O–H groups in total. The number of nitrogens with one attached hydrogen (secondary N) is 1. The predicted molar refractivity (Wildman–Crippen MR) is 66.1 cm³/mol. The highest BCUT2D eigenvalue weighted by Gasteiger charge is 2.06. The van der Waals surface area contributed by atoms with Crippen LogP contribution in [0.25, 0.3) is 0 Å². The number of hydrogen-bond donors (Lipinski definition) is 1.